The van der Waals surface area contributed by atoms with Gasteiger partial charge < -0.3 is 19.7 Å². The molecule has 0 saturated carbocycles. The molecule has 0 bridgehead atoms. The second-order valence-corrected chi connectivity index (χ2v) is 5.04. The average Bonchev–Trinajstić information content (AvgIpc) is 2.42. The fourth-order valence-electron chi connectivity index (χ4n) is 1.75. The van der Waals surface area contributed by atoms with E-state index in [4.69, 9.17) is 4.74 Å². The molecule has 0 heterocycles. The average molecular weight is 302 g/mol. The predicted octanol–water partition coefficient (Wildman–Crippen LogP) is 2.52. The van der Waals surface area contributed by atoms with Crippen LogP contribution in [0.4, 0.5) is 8.78 Å². The number of hydrogen-bond donors (Lipinski definition) is 1. The molecule has 1 aromatic rings. The zero-order valence-corrected chi connectivity index (χ0v) is 12.8. The van der Waals surface area contributed by atoms with E-state index in [-0.39, 0.29) is 11.8 Å². The van der Waals surface area contributed by atoms with Crippen LogP contribution in [0.1, 0.15) is 18.5 Å². The summed E-state index contributed by atoms with van der Waals surface area (Å²) in [6.45, 7) is 2.23. The number of halogens is 2. The monoisotopic (exact) mass is 302 g/mol. The van der Waals surface area contributed by atoms with Crippen molar-refractivity contribution in [2.24, 2.45) is 0 Å². The van der Waals surface area contributed by atoms with Gasteiger partial charge in [0, 0.05) is 19.1 Å². The zero-order chi connectivity index (χ0) is 15.7. The lowest BCUT2D eigenvalue weighted by atomic mass is 10.1. The van der Waals surface area contributed by atoms with Crippen LogP contribution in [0.2, 0.25) is 0 Å². The zero-order valence-electron chi connectivity index (χ0n) is 12.8. The first kappa shape index (κ1) is 17.8. The van der Waals surface area contributed by atoms with Crippen LogP contribution in [0.5, 0.6) is 5.75 Å². The van der Waals surface area contributed by atoms with Crippen molar-refractivity contribution in [3.05, 3.63) is 29.8 Å². The largest absolute Gasteiger partial charge is 0.435 e. The van der Waals surface area contributed by atoms with Crippen molar-refractivity contribution in [3.8, 4) is 5.75 Å². The summed E-state index contributed by atoms with van der Waals surface area (Å²) >= 11 is 0. The number of benzene rings is 1. The van der Waals surface area contributed by atoms with Crippen molar-refractivity contribution in [3.63, 3.8) is 0 Å². The van der Waals surface area contributed by atoms with Crippen molar-refractivity contribution in [2.45, 2.75) is 19.6 Å². The molecule has 1 N–H and O–H groups in total. The SMILES string of the molecule is CC(NCCOCCN(C)C)c1ccc(OC(F)F)cc1. The highest BCUT2D eigenvalue weighted by Gasteiger charge is 2.07. The van der Waals surface area contributed by atoms with Crippen LogP contribution >= 0.6 is 0 Å². The molecule has 120 valence electrons. The van der Waals surface area contributed by atoms with E-state index in [0.717, 1.165) is 18.7 Å². The maximum Gasteiger partial charge on any atom is 0.387 e. The Balaban J connectivity index is 2.24. The van der Waals surface area contributed by atoms with E-state index in [1.807, 2.05) is 21.0 Å². The van der Waals surface area contributed by atoms with Gasteiger partial charge >= 0.3 is 6.61 Å². The van der Waals surface area contributed by atoms with Crippen molar-refractivity contribution in [2.75, 3.05) is 40.4 Å². The number of rotatable bonds is 10. The van der Waals surface area contributed by atoms with Crippen molar-refractivity contribution < 1.29 is 18.3 Å². The van der Waals surface area contributed by atoms with Gasteiger partial charge in [0.2, 0.25) is 0 Å². The third kappa shape index (κ3) is 7.94. The first-order chi connectivity index (χ1) is 9.99. The molecule has 0 aliphatic rings. The van der Waals surface area contributed by atoms with E-state index in [1.165, 1.54) is 0 Å². The summed E-state index contributed by atoms with van der Waals surface area (Å²) in [5.41, 5.74) is 1.02. The molecular formula is C15H24F2N2O2. The highest BCUT2D eigenvalue weighted by molar-refractivity contribution is 5.28. The number of nitrogens with one attached hydrogen (secondary N) is 1. The van der Waals surface area contributed by atoms with Crippen LogP contribution in [0.3, 0.4) is 0 Å². The molecule has 1 atom stereocenters. The van der Waals surface area contributed by atoms with E-state index in [9.17, 15) is 8.78 Å². The summed E-state index contributed by atoms with van der Waals surface area (Å²) in [6, 6.07) is 6.79. The molecule has 0 spiro atoms. The number of ether oxygens (including phenoxy) is 2. The van der Waals surface area contributed by atoms with Gasteiger partial charge in [-0.1, -0.05) is 12.1 Å². The van der Waals surface area contributed by atoms with Gasteiger partial charge in [-0.05, 0) is 38.7 Å². The molecule has 0 saturated heterocycles. The molecule has 0 aromatic heterocycles. The summed E-state index contributed by atoms with van der Waals surface area (Å²) in [4.78, 5) is 2.07. The Morgan fingerprint density at radius 2 is 1.81 bits per heavy atom. The molecule has 21 heavy (non-hydrogen) atoms. The van der Waals surface area contributed by atoms with Crippen LogP contribution in [-0.4, -0.2) is 51.9 Å². The summed E-state index contributed by atoms with van der Waals surface area (Å²) in [6.07, 6.45) is 0. The maximum absolute atomic E-state index is 12.0. The van der Waals surface area contributed by atoms with E-state index in [0.29, 0.717) is 13.2 Å². The number of alkyl halides is 2. The molecule has 6 heteroatoms. The van der Waals surface area contributed by atoms with Crippen molar-refractivity contribution in [1.82, 2.24) is 10.2 Å². The summed E-state index contributed by atoms with van der Waals surface area (Å²) in [7, 11) is 4.01. The highest BCUT2D eigenvalue weighted by atomic mass is 19.3. The predicted molar refractivity (Wildman–Crippen MR) is 78.9 cm³/mol. The third-order valence-corrected chi connectivity index (χ3v) is 2.99. The van der Waals surface area contributed by atoms with E-state index >= 15 is 0 Å². The topological polar surface area (TPSA) is 33.7 Å². The standard InChI is InChI=1S/C15H24F2N2O2/c1-12(18-8-10-20-11-9-19(2)3)13-4-6-14(7-5-13)21-15(16)17/h4-7,12,15,18H,8-11H2,1-3H3. The Labute approximate surface area is 125 Å². The molecule has 0 aliphatic carbocycles. The lowest BCUT2D eigenvalue weighted by molar-refractivity contribution is -0.0498. The lowest BCUT2D eigenvalue weighted by Gasteiger charge is -2.15. The first-order valence-electron chi connectivity index (χ1n) is 6.99. The van der Waals surface area contributed by atoms with E-state index in [2.05, 4.69) is 15.0 Å². The molecular weight excluding hydrogens is 278 g/mol. The molecule has 0 amide bonds. The Hall–Kier alpha value is -1.24. The summed E-state index contributed by atoms with van der Waals surface area (Å²) in [5.74, 6) is 0.174. The van der Waals surface area contributed by atoms with Gasteiger partial charge in [0.1, 0.15) is 5.75 Å². The molecule has 0 aliphatic heterocycles. The maximum atomic E-state index is 12.0. The lowest BCUT2D eigenvalue weighted by Crippen LogP contribution is -2.25. The second-order valence-electron chi connectivity index (χ2n) is 5.04. The molecule has 1 aromatic carbocycles. The fraction of sp³-hybridized carbons (Fsp3) is 0.600. The molecule has 1 rings (SSSR count). The summed E-state index contributed by atoms with van der Waals surface area (Å²) < 4.78 is 33.9. The number of likely N-dealkylation sites (N-methyl/N-ethyl adjacent to an activating group) is 1. The first-order valence-corrected chi connectivity index (χ1v) is 6.99. The minimum atomic E-state index is -2.79. The van der Waals surface area contributed by atoms with E-state index in [1.54, 1.807) is 24.3 Å². The molecule has 0 fully saturated rings. The van der Waals surface area contributed by atoms with Gasteiger partial charge in [-0.2, -0.15) is 8.78 Å². The fourth-order valence-corrected chi connectivity index (χ4v) is 1.75. The Bertz CT molecular complexity index is 386. The third-order valence-electron chi connectivity index (χ3n) is 2.99. The van der Waals surface area contributed by atoms with Gasteiger partial charge in [0.15, 0.2) is 0 Å². The minimum absolute atomic E-state index is 0.128. The van der Waals surface area contributed by atoms with E-state index < -0.39 is 6.61 Å². The quantitative estimate of drug-likeness (QED) is 0.673. The Morgan fingerprint density at radius 3 is 2.38 bits per heavy atom. The smallest absolute Gasteiger partial charge is 0.387 e. The molecule has 4 nitrogen and oxygen atoms in total. The summed E-state index contributed by atoms with van der Waals surface area (Å²) in [5, 5.41) is 3.32. The van der Waals surface area contributed by atoms with Gasteiger partial charge in [-0.15, -0.1) is 0 Å². The number of hydrogen-bond acceptors (Lipinski definition) is 4. The number of nitrogens with zero attached hydrogens (tertiary/aromatic N) is 1. The Morgan fingerprint density at radius 1 is 1.14 bits per heavy atom. The van der Waals surface area contributed by atoms with Crippen LogP contribution in [0, 0.1) is 0 Å². The van der Waals surface area contributed by atoms with Crippen LogP contribution in [0.15, 0.2) is 24.3 Å². The molecule has 0 radical (unpaired) electrons. The van der Waals surface area contributed by atoms with Crippen LogP contribution in [0.25, 0.3) is 0 Å². The van der Waals surface area contributed by atoms with Crippen molar-refractivity contribution in [1.29, 1.82) is 0 Å². The van der Waals surface area contributed by atoms with Gasteiger partial charge in [0.25, 0.3) is 0 Å². The normalized spacial score (nSPS) is 12.9. The van der Waals surface area contributed by atoms with Gasteiger partial charge in [-0.3, -0.25) is 0 Å². The van der Waals surface area contributed by atoms with Gasteiger partial charge in [0.05, 0.1) is 13.2 Å². The molecule has 1 unspecified atom stereocenters. The Kier molecular flexibility index (Phi) is 8.19. The minimum Gasteiger partial charge on any atom is -0.435 e. The highest BCUT2D eigenvalue weighted by Crippen LogP contribution is 2.18. The second kappa shape index (κ2) is 9.65. The van der Waals surface area contributed by atoms with Crippen molar-refractivity contribution >= 4 is 0 Å². The van der Waals surface area contributed by atoms with Crippen LogP contribution < -0.4 is 10.1 Å². The van der Waals surface area contributed by atoms with Crippen LogP contribution in [-0.2, 0) is 4.74 Å². The van der Waals surface area contributed by atoms with Gasteiger partial charge in [-0.25, -0.2) is 0 Å².